The molecule has 2 aromatic carbocycles. The van der Waals surface area contributed by atoms with Gasteiger partial charge in [-0.2, -0.15) is 5.26 Å². The number of hydrogen-bond donors (Lipinski definition) is 0. The van der Waals surface area contributed by atoms with E-state index in [1.165, 1.54) is 16.3 Å². The first kappa shape index (κ1) is 11.4. The lowest BCUT2D eigenvalue weighted by Gasteiger charge is -2.07. The summed E-state index contributed by atoms with van der Waals surface area (Å²) in [6.07, 6.45) is 3.69. The molecule has 0 bridgehead atoms. The van der Waals surface area contributed by atoms with E-state index in [2.05, 4.69) is 30.1 Å². The second kappa shape index (κ2) is 4.55. The Kier molecular flexibility index (Phi) is 2.74. The lowest BCUT2D eigenvalue weighted by atomic mass is 9.98. The van der Waals surface area contributed by atoms with Gasteiger partial charge in [-0.3, -0.25) is 4.98 Å². The molecule has 1 heterocycles. The van der Waals surface area contributed by atoms with Crippen LogP contribution in [0.5, 0.6) is 0 Å². The van der Waals surface area contributed by atoms with Gasteiger partial charge in [0, 0.05) is 17.8 Å². The van der Waals surface area contributed by atoms with Crippen molar-refractivity contribution in [1.82, 2.24) is 4.98 Å². The van der Waals surface area contributed by atoms with Gasteiger partial charge in [0.15, 0.2) is 0 Å². The van der Waals surface area contributed by atoms with E-state index in [-0.39, 0.29) is 0 Å². The van der Waals surface area contributed by atoms with Crippen LogP contribution in [0.4, 0.5) is 0 Å². The van der Waals surface area contributed by atoms with Gasteiger partial charge in [-0.25, -0.2) is 0 Å². The lowest BCUT2D eigenvalue weighted by Crippen LogP contribution is -1.85. The minimum absolute atomic E-state index is 0.685. The van der Waals surface area contributed by atoms with Crippen LogP contribution in [-0.4, -0.2) is 4.98 Å². The Labute approximate surface area is 112 Å². The summed E-state index contributed by atoms with van der Waals surface area (Å²) in [5, 5.41) is 11.3. The van der Waals surface area contributed by atoms with Crippen molar-refractivity contribution in [3.63, 3.8) is 0 Å². The van der Waals surface area contributed by atoms with Crippen LogP contribution in [-0.2, 0) is 0 Å². The van der Waals surface area contributed by atoms with E-state index in [0.29, 0.717) is 5.56 Å². The number of hydrogen-bond acceptors (Lipinski definition) is 2. The molecule has 0 unspecified atom stereocenters. The van der Waals surface area contributed by atoms with E-state index in [1.807, 2.05) is 36.5 Å². The van der Waals surface area contributed by atoms with E-state index in [1.54, 1.807) is 6.20 Å². The van der Waals surface area contributed by atoms with Crippen molar-refractivity contribution in [2.45, 2.75) is 6.92 Å². The van der Waals surface area contributed by atoms with Gasteiger partial charge in [0.05, 0.1) is 11.6 Å². The number of benzene rings is 2. The molecule has 3 aromatic rings. The molecule has 0 saturated carbocycles. The average Bonchev–Trinajstić information content (AvgIpc) is 2.47. The number of aromatic nitrogens is 1. The molecule has 0 spiro atoms. The molecule has 0 saturated heterocycles. The molecule has 2 heteroatoms. The van der Waals surface area contributed by atoms with Crippen molar-refractivity contribution >= 4 is 10.8 Å². The second-order valence-electron chi connectivity index (χ2n) is 4.58. The zero-order valence-corrected chi connectivity index (χ0v) is 10.6. The summed E-state index contributed by atoms with van der Waals surface area (Å²) in [5.41, 5.74) is 4.09. The van der Waals surface area contributed by atoms with Gasteiger partial charge in [0.2, 0.25) is 0 Å². The molecule has 0 N–H and O–H groups in total. The summed E-state index contributed by atoms with van der Waals surface area (Å²) < 4.78 is 0. The quantitative estimate of drug-likeness (QED) is 0.646. The second-order valence-corrected chi connectivity index (χ2v) is 4.58. The summed E-state index contributed by atoms with van der Waals surface area (Å²) in [6, 6.07) is 16.2. The Morgan fingerprint density at radius 2 is 1.95 bits per heavy atom. The highest BCUT2D eigenvalue weighted by atomic mass is 14.6. The summed E-state index contributed by atoms with van der Waals surface area (Å²) >= 11 is 0. The Hall–Kier alpha value is -2.66. The monoisotopic (exact) mass is 244 g/mol. The minimum atomic E-state index is 0.685. The fourth-order valence-electron chi connectivity index (χ4n) is 2.32. The molecule has 0 atom stereocenters. The molecule has 0 aliphatic carbocycles. The molecule has 19 heavy (non-hydrogen) atoms. The Morgan fingerprint density at radius 1 is 1.05 bits per heavy atom. The molecule has 0 aliphatic rings. The molecule has 2 nitrogen and oxygen atoms in total. The number of nitriles is 1. The van der Waals surface area contributed by atoms with Crippen LogP contribution in [0.2, 0.25) is 0 Å². The number of rotatable bonds is 1. The van der Waals surface area contributed by atoms with Crippen molar-refractivity contribution in [2.75, 3.05) is 0 Å². The first-order chi connectivity index (χ1) is 9.28. The average molecular weight is 244 g/mol. The maximum atomic E-state index is 8.98. The largest absolute Gasteiger partial charge is 0.264 e. The van der Waals surface area contributed by atoms with Gasteiger partial charge in [-0.1, -0.05) is 18.2 Å². The third-order valence-corrected chi connectivity index (χ3v) is 3.29. The van der Waals surface area contributed by atoms with Crippen molar-refractivity contribution in [3.8, 4) is 17.2 Å². The molecule has 1 aromatic heterocycles. The van der Waals surface area contributed by atoms with E-state index in [4.69, 9.17) is 5.26 Å². The molecule has 3 rings (SSSR count). The maximum Gasteiger partial charge on any atom is 0.0991 e. The van der Waals surface area contributed by atoms with Crippen LogP contribution in [0.15, 0.2) is 54.9 Å². The molecule has 90 valence electrons. The number of fused-ring (bicyclic) bond motifs is 1. The molecular formula is C17H12N2. The Morgan fingerprint density at radius 3 is 2.79 bits per heavy atom. The summed E-state index contributed by atoms with van der Waals surface area (Å²) in [4.78, 5) is 4.16. The van der Waals surface area contributed by atoms with E-state index in [0.717, 1.165) is 11.1 Å². The fourth-order valence-corrected chi connectivity index (χ4v) is 2.32. The van der Waals surface area contributed by atoms with Crippen LogP contribution in [0.3, 0.4) is 0 Å². The van der Waals surface area contributed by atoms with Crippen LogP contribution in [0.25, 0.3) is 21.9 Å². The van der Waals surface area contributed by atoms with Crippen LogP contribution in [0, 0.1) is 18.3 Å². The minimum Gasteiger partial charge on any atom is -0.264 e. The summed E-state index contributed by atoms with van der Waals surface area (Å²) in [6.45, 7) is 2.08. The normalized spacial score (nSPS) is 10.3. The molecule has 0 amide bonds. The van der Waals surface area contributed by atoms with Gasteiger partial charge in [-0.05, 0) is 53.3 Å². The lowest BCUT2D eigenvalue weighted by molar-refractivity contribution is 1.35. The number of aryl methyl sites for hydroxylation is 1. The summed E-state index contributed by atoms with van der Waals surface area (Å²) in [5.74, 6) is 0. The van der Waals surface area contributed by atoms with E-state index < -0.39 is 0 Å². The highest BCUT2D eigenvalue weighted by Gasteiger charge is 2.04. The van der Waals surface area contributed by atoms with E-state index in [9.17, 15) is 0 Å². The third-order valence-electron chi connectivity index (χ3n) is 3.29. The van der Waals surface area contributed by atoms with Gasteiger partial charge in [0.1, 0.15) is 0 Å². The Balaban J connectivity index is 2.23. The van der Waals surface area contributed by atoms with Crippen LogP contribution in [0.1, 0.15) is 11.1 Å². The zero-order valence-electron chi connectivity index (χ0n) is 10.6. The highest BCUT2D eigenvalue weighted by molar-refractivity contribution is 5.89. The fraction of sp³-hybridized carbons (Fsp3) is 0.0588. The van der Waals surface area contributed by atoms with Gasteiger partial charge >= 0.3 is 0 Å². The third kappa shape index (κ3) is 2.07. The van der Waals surface area contributed by atoms with Crippen molar-refractivity contribution in [3.05, 3.63) is 66.0 Å². The van der Waals surface area contributed by atoms with Crippen LogP contribution >= 0.6 is 0 Å². The molecule has 0 fully saturated rings. The highest BCUT2D eigenvalue weighted by Crippen LogP contribution is 2.27. The smallest absolute Gasteiger partial charge is 0.0991 e. The summed E-state index contributed by atoms with van der Waals surface area (Å²) in [7, 11) is 0. The molecular weight excluding hydrogens is 232 g/mol. The first-order valence-corrected chi connectivity index (χ1v) is 6.13. The van der Waals surface area contributed by atoms with Crippen molar-refractivity contribution in [2.24, 2.45) is 0 Å². The van der Waals surface area contributed by atoms with Gasteiger partial charge < -0.3 is 0 Å². The van der Waals surface area contributed by atoms with Crippen LogP contribution < -0.4 is 0 Å². The van der Waals surface area contributed by atoms with Crippen molar-refractivity contribution < 1.29 is 0 Å². The molecule has 0 aliphatic heterocycles. The zero-order chi connectivity index (χ0) is 13.2. The number of nitrogens with zero attached hydrogens (tertiary/aromatic N) is 2. The SMILES string of the molecule is Cc1cc(-c2cccc(C#N)c2)cc2ccncc12. The Bertz CT molecular complexity index is 798. The van der Waals surface area contributed by atoms with Gasteiger partial charge in [0.25, 0.3) is 0 Å². The van der Waals surface area contributed by atoms with Crippen molar-refractivity contribution in [1.29, 1.82) is 5.26 Å². The van der Waals surface area contributed by atoms with E-state index >= 15 is 0 Å². The number of pyridine rings is 1. The maximum absolute atomic E-state index is 8.98. The van der Waals surface area contributed by atoms with Gasteiger partial charge in [-0.15, -0.1) is 0 Å². The predicted octanol–water partition coefficient (Wildman–Crippen LogP) is 4.08. The predicted molar refractivity (Wildman–Crippen MR) is 76.6 cm³/mol. The standard InChI is InChI=1S/C17H12N2/c1-12-7-16(9-15-5-6-19-11-17(12)15)14-4-2-3-13(8-14)10-18/h2-9,11H,1H3. The first-order valence-electron chi connectivity index (χ1n) is 6.13. The molecule has 0 radical (unpaired) electrons. The topological polar surface area (TPSA) is 36.7 Å².